The van der Waals surface area contributed by atoms with Crippen molar-refractivity contribution in [2.45, 2.75) is 12.8 Å². The first-order chi connectivity index (χ1) is 12.0. The molecule has 25 heavy (non-hydrogen) atoms. The van der Waals surface area contributed by atoms with Crippen molar-refractivity contribution in [1.29, 1.82) is 0 Å². The van der Waals surface area contributed by atoms with Gasteiger partial charge in [0.1, 0.15) is 11.6 Å². The van der Waals surface area contributed by atoms with Gasteiger partial charge in [0.05, 0.1) is 5.92 Å². The Hall–Kier alpha value is -2.76. The Morgan fingerprint density at radius 3 is 2.52 bits per heavy atom. The Morgan fingerprint density at radius 1 is 1.04 bits per heavy atom. The summed E-state index contributed by atoms with van der Waals surface area (Å²) in [4.78, 5) is 26.5. The highest BCUT2D eigenvalue weighted by Gasteiger charge is 2.29. The Kier molecular flexibility index (Phi) is 5.07. The Labute approximate surface area is 144 Å². The molecule has 1 aliphatic heterocycles. The molecule has 6 heteroatoms. The third-order valence-corrected chi connectivity index (χ3v) is 4.26. The van der Waals surface area contributed by atoms with Crippen LogP contribution in [-0.4, -0.2) is 29.8 Å². The molecule has 0 radical (unpaired) electrons. The van der Waals surface area contributed by atoms with Gasteiger partial charge in [0.25, 0.3) is 5.91 Å². The van der Waals surface area contributed by atoms with Crippen LogP contribution in [0.2, 0.25) is 0 Å². The molecule has 4 nitrogen and oxygen atoms in total. The van der Waals surface area contributed by atoms with Crippen molar-refractivity contribution in [2.75, 3.05) is 18.4 Å². The predicted octanol–water partition coefficient (Wildman–Crippen LogP) is 3.46. The van der Waals surface area contributed by atoms with E-state index in [-0.39, 0.29) is 24.3 Å². The van der Waals surface area contributed by atoms with Crippen LogP contribution in [0.3, 0.4) is 0 Å². The van der Waals surface area contributed by atoms with Crippen LogP contribution in [0.1, 0.15) is 23.2 Å². The number of halogens is 2. The van der Waals surface area contributed by atoms with Crippen molar-refractivity contribution in [3.63, 3.8) is 0 Å². The van der Waals surface area contributed by atoms with Gasteiger partial charge in [-0.15, -0.1) is 0 Å². The molecule has 0 saturated carbocycles. The molecule has 2 aromatic carbocycles. The van der Waals surface area contributed by atoms with Crippen molar-refractivity contribution in [3.8, 4) is 0 Å². The van der Waals surface area contributed by atoms with Crippen molar-refractivity contribution in [3.05, 3.63) is 65.7 Å². The molecule has 0 bridgehead atoms. The number of hydrogen-bond donors (Lipinski definition) is 1. The number of carbonyl (C=O) groups excluding carboxylic acids is 2. The molecule has 0 aromatic heterocycles. The van der Waals surface area contributed by atoms with Gasteiger partial charge in [0.15, 0.2) is 0 Å². The van der Waals surface area contributed by atoms with Gasteiger partial charge in [0.2, 0.25) is 5.91 Å². The summed E-state index contributed by atoms with van der Waals surface area (Å²) < 4.78 is 26.2. The molecule has 1 atom stereocenters. The minimum absolute atomic E-state index is 0.219. The molecule has 2 amide bonds. The number of nitrogens with zero attached hydrogens (tertiary/aromatic N) is 1. The fourth-order valence-corrected chi connectivity index (χ4v) is 2.96. The number of benzene rings is 2. The number of likely N-dealkylation sites (tertiary alicyclic amines) is 1. The molecule has 0 unspecified atom stereocenters. The Balaban J connectivity index is 1.65. The minimum Gasteiger partial charge on any atom is -0.338 e. The summed E-state index contributed by atoms with van der Waals surface area (Å²) >= 11 is 0. The quantitative estimate of drug-likeness (QED) is 0.927. The van der Waals surface area contributed by atoms with E-state index < -0.39 is 11.6 Å². The van der Waals surface area contributed by atoms with E-state index in [1.165, 1.54) is 42.5 Å². The molecule has 0 spiro atoms. The largest absolute Gasteiger partial charge is 0.338 e. The van der Waals surface area contributed by atoms with Crippen LogP contribution in [0.15, 0.2) is 48.5 Å². The van der Waals surface area contributed by atoms with E-state index in [4.69, 9.17) is 0 Å². The monoisotopic (exact) mass is 344 g/mol. The first-order valence-corrected chi connectivity index (χ1v) is 8.14. The van der Waals surface area contributed by atoms with Crippen molar-refractivity contribution in [1.82, 2.24) is 4.90 Å². The van der Waals surface area contributed by atoms with Gasteiger partial charge < -0.3 is 10.2 Å². The molecule has 1 heterocycles. The van der Waals surface area contributed by atoms with Crippen molar-refractivity contribution < 1.29 is 18.4 Å². The van der Waals surface area contributed by atoms with Gasteiger partial charge in [0, 0.05) is 24.3 Å². The lowest BCUT2D eigenvalue weighted by atomic mass is 9.96. The van der Waals surface area contributed by atoms with Gasteiger partial charge in [-0.1, -0.05) is 6.07 Å². The summed E-state index contributed by atoms with van der Waals surface area (Å²) in [6.07, 6.45) is 1.36. The number of piperidine rings is 1. The normalized spacial score (nSPS) is 17.2. The van der Waals surface area contributed by atoms with Gasteiger partial charge in [-0.2, -0.15) is 0 Å². The van der Waals surface area contributed by atoms with E-state index >= 15 is 0 Å². The van der Waals surface area contributed by atoms with E-state index in [0.29, 0.717) is 30.6 Å². The SMILES string of the molecule is O=C(Nc1cccc(F)c1)[C@@H]1CCCN(C(=O)c2ccc(F)cc2)C1. The fourth-order valence-electron chi connectivity index (χ4n) is 2.96. The van der Waals surface area contributed by atoms with Gasteiger partial charge >= 0.3 is 0 Å². The second-order valence-corrected chi connectivity index (χ2v) is 6.10. The first-order valence-electron chi connectivity index (χ1n) is 8.14. The third kappa shape index (κ3) is 4.21. The summed E-state index contributed by atoms with van der Waals surface area (Å²) in [6.45, 7) is 0.845. The highest BCUT2D eigenvalue weighted by Crippen LogP contribution is 2.21. The summed E-state index contributed by atoms with van der Waals surface area (Å²) in [7, 11) is 0. The van der Waals surface area contributed by atoms with E-state index in [9.17, 15) is 18.4 Å². The molecule has 1 aliphatic rings. The summed E-state index contributed by atoms with van der Waals surface area (Å²) in [5, 5.41) is 2.69. The maximum Gasteiger partial charge on any atom is 0.253 e. The van der Waals surface area contributed by atoms with Crippen LogP contribution in [0.4, 0.5) is 14.5 Å². The summed E-state index contributed by atoms with van der Waals surface area (Å²) in [6, 6.07) is 11.1. The molecule has 1 N–H and O–H groups in total. The lowest BCUT2D eigenvalue weighted by molar-refractivity contribution is -0.121. The molecule has 1 saturated heterocycles. The number of hydrogen-bond acceptors (Lipinski definition) is 2. The molecule has 0 aliphatic carbocycles. The van der Waals surface area contributed by atoms with Gasteiger partial charge in [-0.05, 0) is 55.3 Å². The highest BCUT2D eigenvalue weighted by atomic mass is 19.1. The number of amides is 2. The Morgan fingerprint density at radius 2 is 1.80 bits per heavy atom. The molecule has 130 valence electrons. The number of carbonyl (C=O) groups is 2. The molecule has 3 rings (SSSR count). The number of rotatable bonds is 3. The zero-order chi connectivity index (χ0) is 17.8. The van der Waals surface area contributed by atoms with E-state index in [0.717, 1.165) is 0 Å². The van der Waals surface area contributed by atoms with Crippen molar-refractivity contribution >= 4 is 17.5 Å². The van der Waals surface area contributed by atoms with E-state index in [1.54, 1.807) is 11.0 Å². The summed E-state index contributed by atoms with van der Waals surface area (Å²) in [5.41, 5.74) is 0.791. The van der Waals surface area contributed by atoms with Crippen LogP contribution in [0, 0.1) is 17.6 Å². The van der Waals surface area contributed by atoms with E-state index in [2.05, 4.69) is 5.32 Å². The number of nitrogens with one attached hydrogen (secondary N) is 1. The molecular formula is C19H18F2N2O2. The molecule has 2 aromatic rings. The molecular weight excluding hydrogens is 326 g/mol. The lowest BCUT2D eigenvalue weighted by Gasteiger charge is -2.32. The fraction of sp³-hybridized carbons (Fsp3) is 0.263. The van der Waals surface area contributed by atoms with Crippen LogP contribution in [0.25, 0.3) is 0 Å². The smallest absolute Gasteiger partial charge is 0.253 e. The zero-order valence-electron chi connectivity index (χ0n) is 13.5. The van der Waals surface area contributed by atoms with Gasteiger partial charge in [-0.3, -0.25) is 9.59 Å². The van der Waals surface area contributed by atoms with Crippen LogP contribution in [-0.2, 0) is 4.79 Å². The Bertz CT molecular complexity index is 777. The second-order valence-electron chi connectivity index (χ2n) is 6.10. The molecule has 1 fully saturated rings. The van der Waals surface area contributed by atoms with Crippen LogP contribution < -0.4 is 5.32 Å². The lowest BCUT2D eigenvalue weighted by Crippen LogP contribution is -2.43. The minimum atomic E-state index is -0.422. The van der Waals surface area contributed by atoms with E-state index in [1.807, 2.05) is 0 Å². The maximum atomic E-state index is 13.2. The third-order valence-electron chi connectivity index (χ3n) is 4.26. The highest BCUT2D eigenvalue weighted by molar-refractivity contribution is 5.96. The van der Waals surface area contributed by atoms with Crippen molar-refractivity contribution in [2.24, 2.45) is 5.92 Å². The predicted molar refractivity (Wildman–Crippen MR) is 90.1 cm³/mol. The average Bonchev–Trinajstić information content (AvgIpc) is 2.62. The average molecular weight is 344 g/mol. The summed E-state index contributed by atoms with van der Waals surface area (Å²) in [5.74, 6) is -1.64. The van der Waals surface area contributed by atoms with Crippen LogP contribution in [0.5, 0.6) is 0 Å². The topological polar surface area (TPSA) is 49.4 Å². The van der Waals surface area contributed by atoms with Gasteiger partial charge in [-0.25, -0.2) is 8.78 Å². The number of anilines is 1. The zero-order valence-corrected chi connectivity index (χ0v) is 13.5. The first kappa shape index (κ1) is 17.1. The van der Waals surface area contributed by atoms with Crippen LogP contribution >= 0.6 is 0 Å². The maximum absolute atomic E-state index is 13.2. The second kappa shape index (κ2) is 7.42. The standard InChI is InChI=1S/C19H18F2N2O2/c20-15-8-6-13(7-9-15)19(25)23-10-2-3-14(12-23)18(24)22-17-5-1-4-16(21)11-17/h1,4-9,11,14H,2-3,10,12H2,(H,22,24)/t14-/m1/s1.